The molecule has 0 spiro atoms. The highest BCUT2D eigenvalue weighted by molar-refractivity contribution is 8.00. The molecule has 0 saturated heterocycles. The average Bonchev–Trinajstić information content (AvgIpc) is 3.15. The summed E-state index contributed by atoms with van der Waals surface area (Å²) in [5.74, 6) is -0.0562. The molecule has 0 unspecified atom stereocenters. The number of rotatable bonds is 6. The first-order chi connectivity index (χ1) is 12.3. The Morgan fingerprint density at radius 3 is 2.65 bits per heavy atom. The van der Waals surface area contributed by atoms with Crippen LogP contribution in [-0.2, 0) is 6.42 Å². The van der Waals surface area contributed by atoms with Crippen molar-refractivity contribution in [3.63, 3.8) is 0 Å². The third-order valence-electron chi connectivity index (χ3n) is 4.39. The predicted molar refractivity (Wildman–Crippen MR) is 107 cm³/mol. The van der Waals surface area contributed by atoms with Gasteiger partial charge in [0.1, 0.15) is 16.2 Å². The second kappa shape index (κ2) is 7.32. The first-order valence-electron chi connectivity index (χ1n) is 8.47. The van der Waals surface area contributed by atoms with Crippen molar-refractivity contribution in [1.82, 2.24) is 15.0 Å². The maximum Gasteiger partial charge on any atom is 0.192 e. The molecule has 0 amide bonds. The van der Waals surface area contributed by atoms with E-state index < -0.39 is 0 Å². The molecule has 0 aliphatic rings. The van der Waals surface area contributed by atoms with Crippen molar-refractivity contribution in [2.75, 3.05) is 0 Å². The normalized spacial score (nSPS) is 12.5. The molecule has 3 heterocycles. The van der Waals surface area contributed by atoms with Crippen molar-refractivity contribution in [1.29, 1.82) is 0 Å². The second-order valence-corrected chi connectivity index (χ2v) is 8.71. The molecule has 1 atom stereocenters. The van der Waals surface area contributed by atoms with Crippen molar-refractivity contribution in [2.24, 2.45) is 0 Å². The van der Waals surface area contributed by atoms with Gasteiger partial charge in [-0.05, 0) is 45.7 Å². The number of aryl methyl sites for hydroxylation is 2. The van der Waals surface area contributed by atoms with Crippen molar-refractivity contribution in [3.05, 3.63) is 39.8 Å². The van der Waals surface area contributed by atoms with E-state index in [9.17, 15) is 9.59 Å². The highest BCUT2D eigenvalue weighted by Gasteiger charge is 2.25. The van der Waals surface area contributed by atoms with Crippen molar-refractivity contribution < 1.29 is 9.59 Å². The number of thioether (sulfide) groups is 1. The van der Waals surface area contributed by atoms with Crippen molar-refractivity contribution in [3.8, 4) is 0 Å². The van der Waals surface area contributed by atoms with Crippen LogP contribution in [0.3, 0.4) is 0 Å². The van der Waals surface area contributed by atoms with Gasteiger partial charge in [0.2, 0.25) is 0 Å². The fraction of sp³-hybridized carbons (Fsp3) is 0.368. The van der Waals surface area contributed by atoms with E-state index in [1.807, 2.05) is 20.8 Å². The van der Waals surface area contributed by atoms with E-state index in [1.54, 1.807) is 17.7 Å². The summed E-state index contributed by atoms with van der Waals surface area (Å²) in [5, 5.41) is 1.50. The standard InChI is InChI=1S/C19H21N3O2S2/c1-6-13-7-14-18(20-8-21-19(14)26-13)25-12(5)17(24)16-9(2)15(11(4)23)10(3)22-16/h7-8,12,22H,6H2,1-5H3/t12-/m0/s1. The molecule has 0 aliphatic heterocycles. The van der Waals surface area contributed by atoms with Crippen LogP contribution in [0.2, 0.25) is 0 Å². The Bertz CT molecular complexity index is 1000. The van der Waals surface area contributed by atoms with Gasteiger partial charge in [-0.3, -0.25) is 9.59 Å². The van der Waals surface area contributed by atoms with Crippen LogP contribution in [0.15, 0.2) is 17.4 Å². The van der Waals surface area contributed by atoms with E-state index in [-0.39, 0.29) is 16.8 Å². The molecule has 0 aromatic carbocycles. The topological polar surface area (TPSA) is 75.7 Å². The fourth-order valence-electron chi connectivity index (χ4n) is 3.10. The van der Waals surface area contributed by atoms with Gasteiger partial charge in [0, 0.05) is 21.5 Å². The number of ketones is 2. The van der Waals surface area contributed by atoms with Gasteiger partial charge < -0.3 is 4.98 Å². The maximum atomic E-state index is 13.0. The lowest BCUT2D eigenvalue weighted by Crippen LogP contribution is -2.15. The number of hydrogen-bond donors (Lipinski definition) is 1. The van der Waals surface area contributed by atoms with E-state index in [0.717, 1.165) is 32.9 Å². The summed E-state index contributed by atoms with van der Waals surface area (Å²) in [6, 6.07) is 2.11. The van der Waals surface area contributed by atoms with Crippen LogP contribution >= 0.6 is 23.1 Å². The average molecular weight is 388 g/mol. The summed E-state index contributed by atoms with van der Waals surface area (Å²) >= 11 is 3.09. The van der Waals surface area contributed by atoms with Crippen LogP contribution in [-0.4, -0.2) is 31.8 Å². The summed E-state index contributed by atoms with van der Waals surface area (Å²) in [5.41, 5.74) is 2.59. The summed E-state index contributed by atoms with van der Waals surface area (Å²) in [7, 11) is 0. The molecule has 3 aromatic rings. The molecular formula is C19H21N3O2S2. The van der Waals surface area contributed by atoms with Gasteiger partial charge in [-0.25, -0.2) is 9.97 Å². The minimum absolute atomic E-state index is 0.0270. The number of Topliss-reactive ketones (excluding diaryl/α,β-unsaturated/α-hetero) is 2. The van der Waals surface area contributed by atoms with E-state index >= 15 is 0 Å². The van der Waals surface area contributed by atoms with Crippen LogP contribution in [0, 0.1) is 13.8 Å². The van der Waals surface area contributed by atoms with Gasteiger partial charge in [0.25, 0.3) is 0 Å². The third-order valence-corrected chi connectivity index (χ3v) is 6.69. The molecule has 7 heteroatoms. The molecule has 0 aliphatic carbocycles. The van der Waals surface area contributed by atoms with Gasteiger partial charge in [0.15, 0.2) is 11.6 Å². The zero-order valence-electron chi connectivity index (χ0n) is 15.5. The third kappa shape index (κ3) is 3.33. The summed E-state index contributed by atoms with van der Waals surface area (Å²) in [6.07, 6.45) is 2.50. The van der Waals surface area contributed by atoms with Gasteiger partial charge in [-0.1, -0.05) is 18.7 Å². The number of aromatic amines is 1. The Hall–Kier alpha value is -1.99. The zero-order chi connectivity index (χ0) is 19.0. The van der Waals surface area contributed by atoms with Crippen LogP contribution in [0.25, 0.3) is 10.2 Å². The fourth-order valence-corrected chi connectivity index (χ4v) is 5.05. The lowest BCUT2D eigenvalue weighted by Gasteiger charge is -2.10. The Morgan fingerprint density at radius 1 is 1.31 bits per heavy atom. The van der Waals surface area contributed by atoms with Crippen LogP contribution in [0.5, 0.6) is 0 Å². The quantitative estimate of drug-likeness (QED) is 0.375. The molecular weight excluding hydrogens is 366 g/mol. The van der Waals surface area contributed by atoms with Gasteiger partial charge in [0.05, 0.1) is 10.9 Å². The summed E-state index contributed by atoms with van der Waals surface area (Å²) in [4.78, 5) is 38.8. The number of hydrogen-bond acceptors (Lipinski definition) is 6. The Balaban J connectivity index is 1.90. The number of nitrogens with one attached hydrogen (secondary N) is 1. The Morgan fingerprint density at radius 2 is 2.04 bits per heavy atom. The predicted octanol–water partition coefficient (Wildman–Crippen LogP) is 4.76. The Labute approximate surface area is 160 Å². The molecule has 5 nitrogen and oxygen atoms in total. The van der Waals surface area contributed by atoms with Crippen LogP contribution in [0.4, 0.5) is 0 Å². The van der Waals surface area contributed by atoms with Crippen LogP contribution < -0.4 is 0 Å². The molecule has 26 heavy (non-hydrogen) atoms. The lowest BCUT2D eigenvalue weighted by molar-refractivity contribution is 0.0988. The number of thiophene rings is 1. The maximum absolute atomic E-state index is 13.0. The number of H-pyrrole nitrogens is 1. The molecule has 3 rings (SSSR count). The molecule has 1 N–H and O–H groups in total. The first kappa shape index (κ1) is 18.8. The molecule has 136 valence electrons. The van der Waals surface area contributed by atoms with Crippen molar-refractivity contribution in [2.45, 2.75) is 51.3 Å². The highest BCUT2D eigenvalue weighted by Crippen LogP contribution is 2.34. The Kier molecular flexibility index (Phi) is 5.29. The van der Waals surface area contributed by atoms with E-state index in [1.165, 1.54) is 23.6 Å². The van der Waals surface area contributed by atoms with Gasteiger partial charge >= 0.3 is 0 Å². The minimum Gasteiger partial charge on any atom is -0.355 e. The van der Waals surface area contributed by atoms with Crippen molar-refractivity contribution >= 4 is 44.9 Å². The number of fused-ring (bicyclic) bond motifs is 1. The number of carbonyl (C=O) groups is 2. The SMILES string of the molecule is CCc1cc2c(S[C@@H](C)C(=O)c3[nH]c(C)c(C(C)=O)c3C)ncnc2s1. The largest absolute Gasteiger partial charge is 0.355 e. The minimum atomic E-state index is -0.324. The van der Waals surface area contributed by atoms with Gasteiger partial charge in [-0.2, -0.15) is 0 Å². The molecule has 0 fully saturated rings. The smallest absolute Gasteiger partial charge is 0.192 e. The summed E-state index contributed by atoms with van der Waals surface area (Å²) in [6.45, 7) is 9.15. The highest BCUT2D eigenvalue weighted by atomic mass is 32.2. The number of aromatic nitrogens is 3. The summed E-state index contributed by atoms with van der Waals surface area (Å²) < 4.78 is 0. The molecule has 0 radical (unpaired) electrons. The van der Waals surface area contributed by atoms with Gasteiger partial charge in [-0.15, -0.1) is 11.3 Å². The first-order valence-corrected chi connectivity index (χ1v) is 10.2. The number of carbonyl (C=O) groups excluding carboxylic acids is 2. The second-order valence-electron chi connectivity index (χ2n) is 6.27. The van der Waals surface area contributed by atoms with E-state index in [4.69, 9.17) is 0 Å². The lowest BCUT2D eigenvalue weighted by atomic mass is 10.0. The molecule has 3 aromatic heterocycles. The molecule has 0 bridgehead atoms. The molecule has 0 saturated carbocycles. The zero-order valence-corrected chi connectivity index (χ0v) is 17.1. The van der Waals surface area contributed by atoms with Crippen LogP contribution in [0.1, 0.15) is 57.8 Å². The number of nitrogens with zero attached hydrogens (tertiary/aromatic N) is 2. The van der Waals surface area contributed by atoms with E-state index in [2.05, 4.69) is 27.9 Å². The van der Waals surface area contributed by atoms with E-state index in [0.29, 0.717) is 11.3 Å². The monoisotopic (exact) mass is 387 g/mol.